The van der Waals surface area contributed by atoms with Crippen LogP contribution in [-0.2, 0) is 18.6 Å². The first-order valence-electron chi connectivity index (χ1n) is 6.59. The Labute approximate surface area is 111 Å². The second-order valence-corrected chi connectivity index (χ2v) is 7.25. The van der Waals surface area contributed by atoms with E-state index in [0.717, 1.165) is 0 Å². The molecule has 0 spiro atoms. The number of hydrogen-bond donors (Lipinski definition) is 0. The summed E-state index contributed by atoms with van der Waals surface area (Å²) >= 11 is 0. The van der Waals surface area contributed by atoms with Gasteiger partial charge in [-0.15, -0.1) is 0 Å². The summed E-state index contributed by atoms with van der Waals surface area (Å²) in [5.41, 5.74) is -1.69. The Morgan fingerprint density at radius 3 is 0.778 bits per heavy atom. The van der Waals surface area contributed by atoms with Gasteiger partial charge in [-0.2, -0.15) is 0 Å². The maximum atomic E-state index is 6.05. The molecule has 0 aliphatic carbocycles. The third-order valence-electron chi connectivity index (χ3n) is 4.77. The van der Waals surface area contributed by atoms with E-state index in [2.05, 4.69) is 0 Å². The van der Waals surface area contributed by atoms with Gasteiger partial charge < -0.3 is 18.6 Å². The van der Waals surface area contributed by atoms with E-state index in [9.17, 15) is 0 Å². The minimum Gasteiger partial charge on any atom is -0.405 e. The fraction of sp³-hybridized carbons (Fsp3) is 1.00. The van der Waals surface area contributed by atoms with Crippen LogP contribution in [0.1, 0.15) is 55.4 Å². The molecular weight excluding hydrogens is 230 g/mol. The van der Waals surface area contributed by atoms with E-state index in [1.165, 1.54) is 0 Å². The van der Waals surface area contributed by atoms with Crippen molar-refractivity contribution in [1.29, 1.82) is 0 Å². The van der Waals surface area contributed by atoms with Crippen molar-refractivity contribution >= 4 is 14.0 Å². The van der Waals surface area contributed by atoms with Gasteiger partial charge in [0.1, 0.15) is 0 Å². The SMILES string of the molecule is CC1(C)OB2OC(C)(C)C(C)(C)OB2OC1(C)C. The normalized spacial score (nSPS) is 32.0. The van der Waals surface area contributed by atoms with Crippen LogP contribution in [0.25, 0.3) is 0 Å². The van der Waals surface area contributed by atoms with E-state index in [4.69, 9.17) is 18.6 Å². The van der Waals surface area contributed by atoms with Gasteiger partial charge in [-0.1, -0.05) is 0 Å². The van der Waals surface area contributed by atoms with Crippen LogP contribution in [0.2, 0.25) is 0 Å². The highest BCUT2D eigenvalue weighted by Crippen LogP contribution is 2.42. The van der Waals surface area contributed by atoms with Gasteiger partial charge in [0.25, 0.3) is 0 Å². The zero-order chi connectivity index (χ0) is 14.0. The summed E-state index contributed by atoms with van der Waals surface area (Å²) in [6.45, 7) is 16.1. The molecule has 2 saturated heterocycles. The first kappa shape index (κ1) is 14.4. The summed E-state index contributed by atoms with van der Waals surface area (Å²) in [6, 6.07) is 0. The summed E-state index contributed by atoms with van der Waals surface area (Å²) < 4.78 is 24.2. The summed E-state index contributed by atoms with van der Waals surface area (Å²) in [4.78, 5) is 0. The smallest absolute Gasteiger partial charge is 0.405 e. The number of hydrogen-bond acceptors (Lipinski definition) is 4. The lowest BCUT2D eigenvalue weighted by Gasteiger charge is -2.56. The van der Waals surface area contributed by atoms with Crippen molar-refractivity contribution in [1.82, 2.24) is 0 Å². The van der Waals surface area contributed by atoms with Crippen LogP contribution in [0.3, 0.4) is 0 Å². The minimum atomic E-state index is -0.476. The molecule has 2 rings (SSSR count). The molecule has 2 heterocycles. The van der Waals surface area contributed by atoms with Crippen molar-refractivity contribution in [3.63, 3.8) is 0 Å². The lowest BCUT2D eigenvalue weighted by Crippen LogP contribution is -2.74. The Balaban J connectivity index is 2.25. The van der Waals surface area contributed by atoms with Gasteiger partial charge in [0.05, 0.1) is 22.4 Å². The molecule has 2 fully saturated rings. The highest BCUT2D eigenvalue weighted by atomic mass is 16.7. The Bertz CT molecular complexity index is 286. The molecule has 0 amide bonds. The molecular formula is C12H24B2O4. The Morgan fingerprint density at radius 1 is 0.444 bits per heavy atom. The van der Waals surface area contributed by atoms with Gasteiger partial charge in [0.2, 0.25) is 0 Å². The lowest BCUT2D eigenvalue weighted by atomic mass is 9.44. The molecule has 2 aliphatic heterocycles. The van der Waals surface area contributed by atoms with E-state index in [1.807, 2.05) is 55.4 Å². The molecule has 0 aromatic carbocycles. The quantitative estimate of drug-likeness (QED) is 0.621. The highest BCUT2D eigenvalue weighted by Gasteiger charge is 2.63. The molecule has 0 bridgehead atoms. The largest absolute Gasteiger partial charge is 0.488 e. The van der Waals surface area contributed by atoms with Crippen LogP contribution in [-0.4, -0.2) is 36.4 Å². The van der Waals surface area contributed by atoms with Crippen LogP contribution < -0.4 is 0 Å². The molecule has 0 atom stereocenters. The maximum absolute atomic E-state index is 6.05. The summed E-state index contributed by atoms with van der Waals surface area (Å²) in [6.07, 6.45) is 0. The Hall–Kier alpha value is -0.0301. The Morgan fingerprint density at radius 2 is 0.611 bits per heavy atom. The first-order chi connectivity index (χ1) is 7.88. The van der Waals surface area contributed by atoms with E-state index >= 15 is 0 Å². The third-order valence-corrected chi connectivity index (χ3v) is 4.77. The molecule has 4 nitrogen and oxygen atoms in total. The van der Waals surface area contributed by atoms with Crippen molar-refractivity contribution in [2.24, 2.45) is 0 Å². The van der Waals surface area contributed by atoms with Crippen molar-refractivity contribution in [2.45, 2.75) is 77.8 Å². The van der Waals surface area contributed by atoms with Crippen LogP contribution in [0.4, 0.5) is 0 Å². The van der Waals surface area contributed by atoms with Gasteiger partial charge in [-0.3, -0.25) is 0 Å². The van der Waals surface area contributed by atoms with Crippen LogP contribution in [0.15, 0.2) is 0 Å². The zero-order valence-corrected chi connectivity index (χ0v) is 12.8. The molecule has 0 unspecified atom stereocenters. The van der Waals surface area contributed by atoms with Gasteiger partial charge in [-0.05, 0) is 55.4 Å². The molecule has 18 heavy (non-hydrogen) atoms. The summed E-state index contributed by atoms with van der Waals surface area (Å²) in [7, 11) is -0.952. The second kappa shape index (κ2) is 3.75. The fourth-order valence-corrected chi connectivity index (χ4v) is 2.00. The second-order valence-electron chi connectivity index (χ2n) is 7.25. The van der Waals surface area contributed by atoms with Gasteiger partial charge in [0.15, 0.2) is 0 Å². The number of fused-ring (bicyclic) bond motifs is 1. The monoisotopic (exact) mass is 254 g/mol. The minimum absolute atomic E-state index is 0.422. The van der Waals surface area contributed by atoms with Crippen LogP contribution >= 0.6 is 0 Å². The summed E-state index contributed by atoms with van der Waals surface area (Å²) in [5, 5.41) is 0. The molecule has 2 aliphatic rings. The molecule has 0 N–H and O–H groups in total. The molecule has 0 radical (unpaired) electrons. The summed E-state index contributed by atoms with van der Waals surface area (Å²) in [5.74, 6) is 0. The molecule has 0 saturated carbocycles. The van der Waals surface area contributed by atoms with E-state index in [1.54, 1.807) is 0 Å². The molecule has 102 valence electrons. The van der Waals surface area contributed by atoms with Crippen LogP contribution in [0.5, 0.6) is 0 Å². The van der Waals surface area contributed by atoms with E-state index < -0.39 is 36.4 Å². The average Bonchev–Trinajstić information content (AvgIpc) is 2.09. The van der Waals surface area contributed by atoms with E-state index in [-0.39, 0.29) is 0 Å². The van der Waals surface area contributed by atoms with Gasteiger partial charge in [0, 0.05) is 0 Å². The predicted octanol–water partition coefficient (Wildman–Crippen LogP) is 2.25. The van der Waals surface area contributed by atoms with E-state index in [0.29, 0.717) is 0 Å². The standard InChI is InChI=1S/C12H24B2O4/c1-9(2)10(3,4)16-14-13(15-9)17-11(5,6)12(7,8)18-14/h1-8H3. The van der Waals surface area contributed by atoms with Gasteiger partial charge >= 0.3 is 14.0 Å². The zero-order valence-electron chi connectivity index (χ0n) is 12.8. The maximum Gasteiger partial charge on any atom is 0.488 e. The van der Waals surface area contributed by atoms with Crippen molar-refractivity contribution in [3.8, 4) is 0 Å². The lowest BCUT2D eigenvalue weighted by molar-refractivity contribution is -0.178. The topological polar surface area (TPSA) is 36.9 Å². The van der Waals surface area contributed by atoms with Crippen molar-refractivity contribution < 1.29 is 18.6 Å². The van der Waals surface area contributed by atoms with Crippen LogP contribution in [0, 0.1) is 0 Å². The fourth-order valence-electron chi connectivity index (χ4n) is 2.00. The third kappa shape index (κ3) is 2.03. The predicted molar refractivity (Wildman–Crippen MR) is 72.2 cm³/mol. The average molecular weight is 254 g/mol. The van der Waals surface area contributed by atoms with Crippen molar-refractivity contribution in [3.05, 3.63) is 0 Å². The molecule has 0 aromatic heterocycles. The number of rotatable bonds is 0. The highest BCUT2D eigenvalue weighted by molar-refractivity contribution is 7.11. The Kier molecular flexibility index (Phi) is 3.00. The molecule has 6 heteroatoms. The first-order valence-corrected chi connectivity index (χ1v) is 6.59. The van der Waals surface area contributed by atoms with Crippen molar-refractivity contribution in [2.75, 3.05) is 0 Å². The molecule has 0 aromatic rings. The van der Waals surface area contributed by atoms with Gasteiger partial charge in [-0.25, -0.2) is 0 Å².